The lowest BCUT2D eigenvalue weighted by molar-refractivity contribution is -0.132. The van der Waals surface area contributed by atoms with E-state index < -0.39 is 0 Å². The van der Waals surface area contributed by atoms with Gasteiger partial charge in [0.05, 0.1) is 5.69 Å². The van der Waals surface area contributed by atoms with Crippen LogP contribution in [-0.4, -0.2) is 34.3 Å². The van der Waals surface area contributed by atoms with E-state index in [9.17, 15) is 9.59 Å². The molecule has 24 heavy (non-hydrogen) atoms. The molecule has 0 aliphatic rings. The fourth-order valence-corrected chi connectivity index (χ4v) is 2.77. The Morgan fingerprint density at radius 2 is 2.00 bits per heavy atom. The first-order chi connectivity index (χ1) is 11.5. The van der Waals surface area contributed by atoms with E-state index in [4.69, 9.17) is 0 Å². The number of aromatic nitrogens is 1. The SMILES string of the molecule is Cc1csc(NC(=O)CN(C(=O)/C=C/c2ccccc2)C(C)C)n1. The van der Waals surface area contributed by atoms with Crippen molar-refractivity contribution in [2.75, 3.05) is 11.9 Å². The van der Waals surface area contributed by atoms with E-state index in [0.717, 1.165) is 11.3 Å². The molecule has 0 atom stereocenters. The maximum atomic E-state index is 12.4. The Morgan fingerprint density at radius 3 is 2.58 bits per heavy atom. The molecular weight excluding hydrogens is 322 g/mol. The number of nitrogens with zero attached hydrogens (tertiary/aromatic N) is 2. The third-order valence-electron chi connectivity index (χ3n) is 3.30. The van der Waals surface area contributed by atoms with Crippen LogP contribution < -0.4 is 5.32 Å². The number of anilines is 1. The van der Waals surface area contributed by atoms with E-state index in [-0.39, 0.29) is 24.4 Å². The van der Waals surface area contributed by atoms with Crippen molar-refractivity contribution in [1.82, 2.24) is 9.88 Å². The summed E-state index contributed by atoms with van der Waals surface area (Å²) in [5.74, 6) is -0.446. The highest BCUT2D eigenvalue weighted by atomic mass is 32.1. The minimum atomic E-state index is -0.250. The van der Waals surface area contributed by atoms with Gasteiger partial charge in [0.15, 0.2) is 5.13 Å². The van der Waals surface area contributed by atoms with Gasteiger partial charge in [-0.05, 0) is 32.4 Å². The molecule has 1 N–H and O–H groups in total. The van der Waals surface area contributed by atoms with Crippen LogP contribution in [0.5, 0.6) is 0 Å². The Labute approximate surface area is 146 Å². The van der Waals surface area contributed by atoms with Crippen molar-refractivity contribution < 1.29 is 9.59 Å². The second-order valence-corrected chi connectivity index (χ2v) is 6.50. The van der Waals surface area contributed by atoms with Crippen molar-refractivity contribution in [3.8, 4) is 0 Å². The zero-order valence-electron chi connectivity index (χ0n) is 14.0. The van der Waals surface area contributed by atoms with E-state index in [1.54, 1.807) is 6.08 Å². The Kier molecular flexibility index (Phi) is 6.26. The first-order valence-electron chi connectivity index (χ1n) is 7.71. The number of rotatable bonds is 6. The van der Waals surface area contributed by atoms with Gasteiger partial charge in [0, 0.05) is 17.5 Å². The van der Waals surface area contributed by atoms with Gasteiger partial charge in [-0.15, -0.1) is 11.3 Å². The van der Waals surface area contributed by atoms with Gasteiger partial charge in [-0.1, -0.05) is 30.3 Å². The molecule has 0 spiro atoms. The van der Waals surface area contributed by atoms with Gasteiger partial charge >= 0.3 is 0 Å². The summed E-state index contributed by atoms with van der Waals surface area (Å²) >= 11 is 1.37. The van der Waals surface area contributed by atoms with Gasteiger partial charge in [0.1, 0.15) is 6.54 Å². The number of aryl methyl sites for hydroxylation is 1. The van der Waals surface area contributed by atoms with Crippen LogP contribution in [0.25, 0.3) is 6.08 Å². The Balaban J connectivity index is 1.99. The summed E-state index contributed by atoms with van der Waals surface area (Å²) in [7, 11) is 0. The lowest BCUT2D eigenvalue weighted by atomic mass is 10.2. The summed E-state index contributed by atoms with van der Waals surface area (Å²) in [6, 6.07) is 9.50. The molecule has 0 saturated heterocycles. The van der Waals surface area contributed by atoms with Crippen LogP contribution >= 0.6 is 11.3 Å². The van der Waals surface area contributed by atoms with E-state index >= 15 is 0 Å². The zero-order valence-corrected chi connectivity index (χ0v) is 14.8. The predicted octanol–water partition coefficient (Wildman–Crippen LogP) is 3.34. The highest BCUT2D eigenvalue weighted by Gasteiger charge is 2.18. The number of carbonyl (C=O) groups excluding carboxylic acids is 2. The van der Waals surface area contributed by atoms with Crippen LogP contribution in [-0.2, 0) is 9.59 Å². The highest BCUT2D eigenvalue weighted by molar-refractivity contribution is 7.13. The van der Waals surface area contributed by atoms with Crippen molar-refractivity contribution in [2.45, 2.75) is 26.8 Å². The molecule has 0 aliphatic carbocycles. The minimum Gasteiger partial charge on any atom is -0.327 e. The molecule has 1 heterocycles. The lowest BCUT2D eigenvalue weighted by Gasteiger charge is -2.24. The first-order valence-corrected chi connectivity index (χ1v) is 8.59. The number of benzene rings is 1. The molecule has 1 aromatic carbocycles. The largest absolute Gasteiger partial charge is 0.327 e. The number of thiazole rings is 1. The third kappa shape index (κ3) is 5.31. The number of amides is 2. The minimum absolute atomic E-state index is 0.00570. The van der Waals surface area contributed by atoms with Crippen LogP contribution in [0.2, 0.25) is 0 Å². The maximum Gasteiger partial charge on any atom is 0.247 e. The van der Waals surface area contributed by atoms with E-state index in [2.05, 4.69) is 10.3 Å². The van der Waals surface area contributed by atoms with Crippen LogP contribution in [0.1, 0.15) is 25.1 Å². The van der Waals surface area contributed by atoms with E-state index in [1.165, 1.54) is 22.3 Å². The van der Waals surface area contributed by atoms with Crippen LogP contribution in [0, 0.1) is 6.92 Å². The fraction of sp³-hybridized carbons (Fsp3) is 0.278. The zero-order chi connectivity index (χ0) is 17.5. The van der Waals surface area contributed by atoms with Crippen molar-refractivity contribution in [3.05, 3.63) is 53.0 Å². The summed E-state index contributed by atoms with van der Waals surface area (Å²) in [5.41, 5.74) is 1.80. The van der Waals surface area contributed by atoms with Crippen LogP contribution in [0.15, 0.2) is 41.8 Å². The standard InChI is InChI=1S/C18H21N3O2S/c1-13(2)21(11-16(22)20-18-19-14(3)12-24-18)17(23)10-9-15-7-5-4-6-8-15/h4-10,12-13H,11H2,1-3H3,(H,19,20,22)/b10-9+. The monoisotopic (exact) mass is 343 g/mol. The van der Waals surface area contributed by atoms with Crippen molar-refractivity contribution in [1.29, 1.82) is 0 Å². The maximum absolute atomic E-state index is 12.4. The molecule has 0 fully saturated rings. The average molecular weight is 343 g/mol. The van der Waals surface area contributed by atoms with E-state index in [1.807, 2.05) is 56.5 Å². The second kappa shape index (κ2) is 8.40. The topological polar surface area (TPSA) is 62.3 Å². The normalized spacial score (nSPS) is 11.0. The third-order valence-corrected chi connectivity index (χ3v) is 4.18. The molecule has 1 aromatic heterocycles. The summed E-state index contributed by atoms with van der Waals surface area (Å²) < 4.78 is 0. The molecule has 6 heteroatoms. The van der Waals surface area contributed by atoms with Crippen molar-refractivity contribution in [2.24, 2.45) is 0 Å². The van der Waals surface area contributed by atoms with Gasteiger partial charge < -0.3 is 10.2 Å². The molecule has 126 valence electrons. The molecule has 2 rings (SSSR count). The van der Waals surface area contributed by atoms with Gasteiger partial charge in [-0.3, -0.25) is 9.59 Å². The fourth-order valence-electron chi connectivity index (χ4n) is 2.07. The number of carbonyl (C=O) groups is 2. The Hall–Kier alpha value is -2.47. The number of hydrogen-bond acceptors (Lipinski definition) is 4. The van der Waals surface area contributed by atoms with Crippen molar-refractivity contribution >= 4 is 34.4 Å². The summed E-state index contributed by atoms with van der Waals surface area (Å²) in [6.07, 6.45) is 3.25. The van der Waals surface area contributed by atoms with Crippen LogP contribution in [0.4, 0.5) is 5.13 Å². The Bertz CT molecular complexity index is 723. The molecule has 5 nitrogen and oxygen atoms in total. The molecule has 0 saturated carbocycles. The smallest absolute Gasteiger partial charge is 0.247 e. The Morgan fingerprint density at radius 1 is 1.29 bits per heavy atom. The molecule has 0 radical (unpaired) electrons. The van der Waals surface area contributed by atoms with Gasteiger partial charge in [0.25, 0.3) is 0 Å². The first kappa shape index (κ1) is 17.9. The highest BCUT2D eigenvalue weighted by Crippen LogP contribution is 2.14. The van der Waals surface area contributed by atoms with Crippen LogP contribution in [0.3, 0.4) is 0 Å². The van der Waals surface area contributed by atoms with Gasteiger partial charge in [-0.25, -0.2) is 4.98 Å². The predicted molar refractivity (Wildman–Crippen MR) is 97.8 cm³/mol. The van der Waals surface area contributed by atoms with Gasteiger partial charge in [0.2, 0.25) is 11.8 Å². The summed E-state index contributed by atoms with van der Waals surface area (Å²) in [4.78, 5) is 30.3. The summed E-state index contributed by atoms with van der Waals surface area (Å²) in [5, 5.41) is 5.14. The molecule has 2 aromatic rings. The number of hydrogen-bond donors (Lipinski definition) is 1. The molecule has 0 unspecified atom stereocenters. The van der Waals surface area contributed by atoms with Gasteiger partial charge in [-0.2, -0.15) is 0 Å². The van der Waals surface area contributed by atoms with Crippen molar-refractivity contribution in [3.63, 3.8) is 0 Å². The van der Waals surface area contributed by atoms with E-state index in [0.29, 0.717) is 5.13 Å². The summed E-state index contributed by atoms with van der Waals surface area (Å²) in [6.45, 7) is 5.63. The number of nitrogens with one attached hydrogen (secondary N) is 1. The molecule has 0 aliphatic heterocycles. The quantitative estimate of drug-likeness (QED) is 0.818. The molecular formula is C18H21N3O2S. The second-order valence-electron chi connectivity index (χ2n) is 5.65. The average Bonchev–Trinajstić information content (AvgIpc) is 2.96. The molecule has 0 bridgehead atoms. The lowest BCUT2D eigenvalue weighted by Crippen LogP contribution is -2.41. The molecule has 2 amide bonds.